The van der Waals surface area contributed by atoms with Crippen LogP contribution in [0.15, 0.2) is 6.20 Å². The summed E-state index contributed by atoms with van der Waals surface area (Å²) in [6, 6.07) is 0. The predicted molar refractivity (Wildman–Crippen MR) is 44.3 cm³/mol. The fourth-order valence-electron chi connectivity index (χ4n) is 1.01. The molecule has 3 nitrogen and oxygen atoms in total. The third-order valence-corrected chi connectivity index (χ3v) is 1.72. The second kappa shape index (κ2) is 3.91. The number of hydrogen-bond donors (Lipinski definition) is 1. The van der Waals surface area contributed by atoms with Crippen LogP contribution in [-0.2, 0) is 19.1 Å². The number of nitrogens with zero attached hydrogens (tertiary/aromatic N) is 2. The molecule has 0 aromatic carbocycles. The van der Waals surface area contributed by atoms with Gasteiger partial charge in [-0.25, -0.2) is 9.97 Å². The number of alkyl halides is 3. The van der Waals surface area contributed by atoms with Crippen molar-refractivity contribution >= 4 is 0 Å². The number of hydrogen-bond acceptors (Lipinski definition) is 3. The number of rotatable bonds is 2. The lowest BCUT2D eigenvalue weighted by atomic mass is 10.2. The normalized spacial score (nSPS) is 11.8. The first-order chi connectivity index (χ1) is 6.49. The van der Waals surface area contributed by atoms with Crippen molar-refractivity contribution < 1.29 is 13.2 Å². The third-order valence-electron chi connectivity index (χ3n) is 1.72. The van der Waals surface area contributed by atoms with Crippen LogP contribution in [0.4, 0.5) is 13.2 Å². The first-order valence-electron chi connectivity index (χ1n) is 4.11. The maximum atomic E-state index is 12.4. The van der Waals surface area contributed by atoms with Gasteiger partial charge in [0.2, 0.25) is 0 Å². The Morgan fingerprint density at radius 1 is 1.43 bits per heavy atom. The Bertz CT molecular complexity index is 322. The van der Waals surface area contributed by atoms with Crippen LogP contribution in [-0.4, -0.2) is 9.97 Å². The van der Waals surface area contributed by atoms with Gasteiger partial charge in [0, 0.05) is 24.7 Å². The molecule has 0 aliphatic heterocycles. The lowest BCUT2D eigenvalue weighted by molar-refractivity contribution is -0.142. The summed E-state index contributed by atoms with van der Waals surface area (Å²) >= 11 is 0. The molecule has 1 rings (SSSR count). The van der Waals surface area contributed by atoms with Crippen molar-refractivity contribution in [2.24, 2.45) is 5.73 Å². The molecule has 0 amide bonds. The van der Waals surface area contributed by atoms with Crippen LogP contribution in [0.5, 0.6) is 0 Å². The minimum absolute atomic E-state index is 0.0744. The van der Waals surface area contributed by atoms with Crippen LogP contribution >= 0.6 is 0 Å². The topological polar surface area (TPSA) is 51.8 Å². The van der Waals surface area contributed by atoms with E-state index >= 15 is 0 Å². The molecule has 0 aliphatic rings. The molecule has 2 N–H and O–H groups in total. The summed E-state index contributed by atoms with van der Waals surface area (Å²) < 4.78 is 37.2. The number of halogens is 3. The molecule has 0 saturated heterocycles. The zero-order chi connectivity index (χ0) is 10.8. The highest BCUT2D eigenvalue weighted by molar-refractivity contribution is 5.20. The van der Waals surface area contributed by atoms with E-state index in [1.165, 1.54) is 0 Å². The first kappa shape index (κ1) is 10.9. The van der Waals surface area contributed by atoms with E-state index in [4.69, 9.17) is 5.73 Å². The van der Waals surface area contributed by atoms with Crippen LogP contribution < -0.4 is 5.73 Å². The number of aryl methyl sites for hydroxylation is 1. The first-order valence-corrected chi connectivity index (χ1v) is 4.11. The van der Waals surface area contributed by atoms with Gasteiger partial charge in [0.25, 0.3) is 0 Å². The van der Waals surface area contributed by atoms with E-state index in [1.54, 1.807) is 6.92 Å². The second-order valence-electron chi connectivity index (χ2n) is 2.72. The Morgan fingerprint density at radius 2 is 2.07 bits per heavy atom. The van der Waals surface area contributed by atoms with Crippen LogP contribution in [0, 0.1) is 0 Å². The predicted octanol–water partition coefficient (Wildman–Crippen LogP) is 1.52. The number of aromatic nitrogens is 2. The van der Waals surface area contributed by atoms with Gasteiger partial charge < -0.3 is 5.73 Å². The standard InChI is InChI=1S/C8H10F3N3/c1-2-6-13-4-5(3-12)7(14-6)8(9,10)11/h4H,2-3,12H2,1H3. The van der Waals surface area contributed by atoms with Crippen LogP contribution in [0.25, 0.3) is 0 Å². The van der Waals surface area contributed by atoms with Gasteiger partial charge in [-0.2, -0.15) is 13.2 Å². The largest absolute Gasteiger partial charge is 0.433 e. The third kappa shape index (κ3) is 2.20. The molecule has 78 valence electrons. The molecular formula is C8H10F3N3. The van der Waals surface area contributed by atoms with Gasteiger partial charge in [0.15, 0.2) is 5.69 Å². The monoisotopic (exact) mass is 205 g/mol. The van der Waals surface area contributed by atoms with Gasteiger partial charge in [-0.3, -0.25) is 0 Å². The van der Waals surface area contributed by atoms with Gasteiger partial charge in [0.05, 0.1) is 0 Å². The Labute approximate surface area is 79.2 Å². The van der Waals surface area contributed by atoms with Crippen LogP contribution in [0.2, 0.25) is 0 Å². The van der Waals surface area contributed by atoms with E-state index in [2.05, 4.69) is 9.97 Å². The highest BCUT2D eigenvalue weighted by atomic mass is 19.4. The Morgan fingerprint density at radius 3 is 2.50 bits per heavy atom. The lowest BCUT2D eigenvalue weighted by Crippen LogP contribution is -2.16. The van der Waals surface area contributed by atoms with E-state index in [0.29, 0.717) is 6.42 Å². The summed E-state index contributed by atoms with van der Waals surface area (Å²) in [4.78, 5) is 7.17. The molecule has 0 aliphatic carbocycles. The van der Waals surface area contributed by atoms with Gasteiger partial charge in [-0.15, -0.1) is 0 Å². The van der Waals surface area contributed by atoms with Crippen molar-refractivity contribution in [3.8, 4) is 0 Å². The van der Waals surface area contributed by atoms with Crippen molar-refractivity contribution in [2.45, 2.75) is 26.1 Å². The highest BCUT2D eigenvalue weighted by Gasteiger charge is 2.35. The summed E-state index contributed by atoms with van der Waals surface area (Å²) in [5.41, 5.74) is 4.16. The molecule has 1 heterocycles. The van der Waals surface area contributed by atoms with E-state index in [-0.39, 0.29) is 17.9 Å². The summed E-state index contributed by atoms with van der Waals surface area (Å²) in [7, 11) is 0. The van der Waals surface area contributed by atoms with Gasteiger partial charge in [-0.05, 0) is 0 Å². The second-order valence-corrected chi connectivity index (χ2v) is 2.72. The molecule has 0 fully saturated rings. The van der Waals surface area contributed by atoms with Crippen LogP contribution in [0.1, 0.15) is 24.0 Å². The van der Waals surface area contributed by atoms with Crippen molar-refractivity contribution in [1.82, 2.24) is 9.97 Å². The minimum Gasteiger partial charge on any atom is -0.326 e. The zero-order valence-electron chi connectivity index (χ0n) is 7.60. The maximum Gasteiger partial charge on any atom is 0.433 e. The SMILES string of the molecule is CCc1ncc(CN)c(C(F)(F)F)n1. The van der Waals surface area contributed by atoms with E-state index in [9.17, 15) is 13.2 Å². The minimum atomic E-state index is -4.46. The summed E-state index contributed by atoms with van der Waals surface area (Å²) in [6.45, 7) is 1.48. The molecule has 0 saturated carbocycles. The fraction of sp³-hybridized carbons (Fsp3) is 0.500. The highest BCUT2D eigenvalue weighted by Crippen LogP contribution is 2.29. The van der Waals surface area contributed by atoms with E-state index in [0.717, 1.165) is 6.20 Å². The molecule has 0 atom stereocenters. The number of nitrogens with two attached hydrogens (primary N) is 1. The average Bonchev–Trinajstić information content (AvgIpc) is 2.15. The Hall–Kier alpha value is -1.17. The molecule has 1 aromatic rings. The summed E-state index contributed by atoms with van der Waals surface area (Å²) in [5, 5.41) is 0. The van der Waals surface area contributed by atoms with Crippen molar-refractivity contribution in [2.75, 3.05) is 0 Å². The molecule has 0 radical (unpaired) electrons. The van der Waals surface area contributed by atoms with E-state index in [1.807, 2.05) is 0 Å². The quantitative estimate of drug-likeness (QED) is 0.796. The summed E-state index contributed by atoms with van der Waals surface area (Å²) in [6.07, 6.45) is -2.95. The Balaban J connectivity index is 3.22. The van der Waals surface area contributed by atoms with Gasteiger partial charge >= 0.3 is 6.18 Å². The van der Waals surface area contributed by atoms with Crippen molar-refractivity contribution in [3.63, 3.8) is 0 Å². The van der Waals surface area contributed by atoms with Gasteiger partial charge in [-0.1, -0.05) is 6.92 Å². The molecule has 0 bridgehead atoms. The lowest BCUT2D eigenvalue weighted by Gasteiger charge is -2.10. The average molecular weight is 205 g/mol. The maximum absolute atomic E-state index is 12.4. The van der Waals surface area contributed by atoms with Crippen LogP contribution in [0.3, 0.4) is 0 Å². The molecule has 14 heavy (non-hydrogen) atoms. The molecule has 1 aromatic heterocycles. The smallest absolute Gasteiger partial charge is 0.326 e. The summed E-state index contributed by atoms with van der Waals surface area (Å²) in [5.74, 6) is 0.175. The molecule has 6 heteroatoms. The molecular weight excluding hydrogens is 195 g/mol. The van der Waals surface area contributed by atoms with Gasteiger partial charge in [0.1, 0.15) is 5.82 Å². The molecule has 0 spiro atoms. The fourth-order valence-corrected chi connectivity index (χ4v) is 1.01. The Kier molecular flexibility index (Phi) is 3.05. The molecule has 0 unspecified atom stereocenters. The van der Waals surface area contributed by atoms with Crippen molar-refractivity contribution in [1.29, 1.82) is 0 Å². The zero-order valence-corrected chi connectivity index (χ0v) is 7.60. The van der Waals surface area contributed by atoms with E-state index < -0.39 is 11.9 Å². The van der Waals surface area contributed by atoms with Crippen molar-refractivity contribution in [3.05, 3.63) is 23.3 Å².